The molecule has 4 aliphatic heterocycles. The van der Waals surface area contributed by atoms with Crippen LogP contribution in [0.3, 0.4) is 0 Å². The summed E-state index contributed by atoms with van der Waals surface area (Å²) in [6.07, 6.45) is 16.7. The maximum absolute atomic E-state index is 11.5. The number of rotatable bonds is 20. The highest BCUT2D eigenvalue weighted by molar-refractivity contribution is 5.71. The van der Waals surface area contributed by atoms with Gasteiger partial charge in [0.1, 0.15) is 46.0 Å². The number of unbranched alkanes of at least 4 members (excludes halogenated alkanes) is 8. The Morgan fingerprint density at radius 3 is 0.588 bits per heavy atom. The van der Waals surface area contributed by atoms with E-state index in [4.69, 9.17) is 37.9 Å². The molecule has 0 saturated heterocycles. The Labute approximate surface area is 401 Å². The Morgan fingerprint density at radius 2 is 0.441 bits per heavy atom. The maximum atomic E-state index is 11.5. The van der Waals surface area contributed by atoms with Crippen molar-refractivity contribution < 1.29 is 58.3 Å². The summed E-state index contributed by atoms with van der Waals surface area (Å²) in [4.78, 5) is 0. The number of benzene rings is 4. The molecule has 12 nitrogen and oxygen atoms in total. The van der Waals surface area contributed by atoms with Crippen LogP contribution in [0, 0.1) is 0 Å². The lowest BCUT2D eigenvalue weighted by molar-refractivity contribution is 0.0898. The van der Waals surface area contributed by atoms with Crippen LogP contribution in [0.4, 0.5) is 0 Å². The molecule has 0 spiro atoms. The molecule has 4 aromatic rings. The molecule has 4 heterocycles. The lowest BCUT2D eigenvalue weighted by Crippen LogP contribution is -2.25. The van der Waals surface area contributed by atoms with E-state index < -0.39 is 0 Å². The molecule has 0 atom stereocenters. The average Bonchev–Trinajstić information content (AvgIpc) is 3.31. The van der Waals surface area contributed by atoms with E-state index in [0.717, 1.165) is 169 Å². The summed E-state index contributed by atoms with van der Waals surface area (Å²) >= 11 is 0. The largest absolute Gasteiger partial charge is 0.457 e. The van der Waals surface area contributed by atoms with E-state index in [9.17, 15) is 20.4 Å². The summed E-state index contributed by atoms with van der Waals surface area (Å²) in [7, 11) is 0. The summed E-state index contributed by atoms with van der Waals surface area (Å²) in [5, 5.41) is 45.9. The van der Waals surface area contributed by atoms with Crippen molar-refractivity contribution in [1.82, 2.24) is 0 Å². The van der Waals surface area contributed by atoms with Crippen molar-refractivity contribution >= 4 is 0 Å². The molecule has 0 saturated carbocycles. The van der Waals surface area contributed by atoms with E-state index in [2.05, 4.69) is 27.7 Å². The normalized spacial score (nSPS) is 14.9. The first-order chi connectivity index (χ1) is 33.5. The minimum atomic E-state index is -0.333. The highest BCUT2D eigenvalue weighted by Crippen LogP contribution is 2.54. The molecule has 0 amide bonds. The number of hydrogen-bond donors (Lipinski definition) is 4. The number of aliphatic hydroxyl groups excluding tert-OH is 4. The molecule has 68 heavy (non-hydrogen) atoms. The van der Waals surface area contributed by atoms with Crippen molar-refractivity contribution in [2.75, 3.05) is 27.2 Å². The Balaban J connectivity index is 1.47. The van der Waals surface area contributed by atoms with Gasteiger partial charge in [0.05, 0.1) is 48.7 Å². The minimum absolute atomic E-state index is 0.166. The second kappa shape index (κ2) is 21.8. The maximum Gasteiger partial charge on any atom is 0.230 e. The third-order valence-electron chi connectivity index (χ3n) is 15.1. The Hall–Kier alpha value is -4.88. The van der Waals surface area contributed by atoms with Crippen molar-refractivity contribution in [2.45, 2.75) is 183 Å². The van der Waals surface area contributed by atoms with Gasteiger partial charge in [-0.05, 0) is 73.6 Å². The zero-order valence-corrected chi connectivity index (χ0v) is 40.9. The van der Waals surface area contributed by atoms with Crippen LogP contribution in [0.2, 0.25) is 0 Å². The Kier molecular flexibility index (Phi) is 15.5. The van der Waals surface area contributed by atoms with E-state index in [-0.39, 0.29) is 53.6 Å². The molecular formula is C56H72O12. The molecule has 12 heteroatoms. The lowest BCUT2D eigenvalue weighted by atomic mass is 9.78. The molecule has 8 bridgehead atoms. The second-order valence-electron chi connectivity index (χ2n) is 19.1. The third kappa shape index (κ3) is 8.73. The molecule has 0 fully saturated rings. The fourth-order valence-corrected chi connectivity index (χ4v) is 11.9. The van der Waals surface area contributed by atoms with Crippen LogP contribution in [-0.4, -0.2) is 47.6 Å². The predicted molar refractivity (Wildman–Crippen MR) is 258 cm³/mol. The monoisotopic (exact) mass is 937 g/mol. The quantitative estimate of drug-likeness (QED) is 0.0549. The molecule has 1 aliphatic carbocycles. The SMILES string of the molecule is CCCCCc1c2c3c(CO)c4c1Cc1c(CCCCC)c5c(c(CO)c1OCO4)OCOc1c(c(CCCCC)c4c(c1CO)OCOc1c(c(CCCCC)c(c(c1CO)OCO3)C2)C4)C5. The highest BCUT2D eigenvalue weighted by Gasteiger charge is 2.38. The summed E-state index contributed by atoms with van der Waals surface area (Å²) in [5.74, 6) is 4.49. The van der Waals surface area contributed by atoms with Gasteiger partial charge in [0.25, 0.3) is 0 Å². The van der Waals surface area contributed by atoms with Gasteiger partial charge in [-0.25, -0.2) is 0 Å². The second-order valence-corrected chi connectivity index (χ2v) is 19.1. The minimum Gasteiger partial charge on any atom is -0.457 e. The van der Waals surface area contributed by atoms with Crippen LogP contribution in [-0.2, 0) is 77.8 Å². The van der Waals surface area contributed by atoms with Gasteiger partial charge in [-0.15, -0.1) is 0 Å². The summed E-state index contributed by atoms with van der Waals surface area (Å²) in [5.41, 5.74) is 14.6. The number of ether oxygens (including phenoxy) is 8. The predicted octanol–water partition coefficient (Wildman–Crippen LogP) is 10.2. The van der Waals surface area contributed by atoms with Crippen LogP contribution in [0.15, 0.2) is 0 Å². The van der Waals surface area contributed by atoms with Gasteiger partial charge in [0, 0.05) is 70.2 Å². The van der Waals surface area contributed by atoms with E-state index in [1.165, 1.54) is 0 Å². The van der Waals surface area contributed by atoms with Gasteiger partial charge >= 0.3 is 0 Å². The Morgan fingerprint density at radius 1 is 0.265 bits per heavy atom. The molecule has 0 radical (unpaired) electrons. The molecule has 0 aromatic heterocycles. The molecule has 5 aliphatic rings. The van der Waals surface area contributed by atoms with Gasteiger partial charge in [0.15, 0.2) is 0 Å². The summed E-state index contributed by atoms with van der Waals surface area (Å²) in [6.45, 7) is 6.86. The van der Waals surface area contributed by atoms with E-state index in [0.29, 0.717) is 93.9 Å². The molecule has 9 rings (SSSR count). The molecule has 4 aromatic carbocycles. The van der Waals surface area contributed by atoms with Crippen molar-refractivity contribution in [3.05, 3.63) is 89.0 Å². The highest BCUT2D eigenvalue weighted by atomic mass is 16.7. The number of aliphatic hydroxyl groups is 4. The van der Waals surface area contributed by atoms with Crippen LogP contribution < -0.4 is 37.9 Å². The van der Waals surface area contributed by atoms with Crippen LogP contribution in [0.5, 0.6) is 46.0 Å². The first-order valence-electron chi connectivity index (χ1n) is 25.7. The Bertz CT molecular complexity index is 2020. The zero-order chi connectivity index (χ0) is 47.3. The van der Waals surface area contributed by atoms with Gasteiger partial charge in [0.2, 0.25) is 27.2 Å². The van der Waals surface area contributed by atoms with Crippen molar-refractivity contribution in [3.8, 4) is 46.0 Å². The molecule has 4 N–H and O–H groups in total. The van der Waals surface area contributed by atoms with E-state index in [1.54, 1.807) is 0 Å². The van der Waals surface area contributed by atoms with Gasteiger partial charge in [-0.3, -0.25) is 0 Å². The molecule has 0 unspecified atom stereocenters. The zero-order valence-electron chi connectivity index (χ0n) is 40.9. The first kappa shape index (κ1) is 48.2. The smallest absolute Gasteiger partial charge is 0.230 e. The van der Waals surface area contributed by atoms with Crippen LogP contribution in [0.1, 0.15) is 194 Å². The van der Waals surface area contributed by atoms with Crippen molar-refractivity contribution in [1.29, 1.82) is 0 Å². The summed E-state index contributed by atoms with van der Waals surface area (Å²) < 4.78 is 53.5. The van der Waals surface area contributed by atoms with E-state index in [1.807, 2.05) is 0 Å². The first-order valence-corrected chi connectivity index (χ1v) is 25.7. The van der Waals surface area contributed by atoms with Gasteiger partial charge < -0.3 is 58.3 Å². The van der Waals surface area contributed by atoms with Crippen LogP contribution in [0.25, 0.3) is 0 Å². The standard InChI is InChI=1S/C56H72O12/c1-5-9-13-17-33-37-21-39-34(18-14-10-6-2)41-23-43-36(20-16-12-8-4)44-24-42-35(19-15-11-7-3)40-22-38(33)50-45(25-57)49(37)61-29-63-51(39)46(26-58)53(41)65-31-67-55(43)48(28-60)56(44)68-32-66-54(42)47(27-59)52(40)64-30-62-50/h57-60H,5-32H2,1-4H3. The van der Waals surface area contributed by atoms with Crippen molar-refractivity contribution in [3.63, 3.8) is 0 Å². The average molecular weight is 937 g/mol. The number of hydrogen-bond acceptors (Lipinski definition) is 12. The fourth-order valence-electron chi connectivity index (χ4n) is 11.9. The lowest BCUT2D eigenvalue weighted by Gasteiger charge is -2.35. The van der Waals surface area contributed by atoms with Crippen LogP contribution >= 0.6 is 0 Å². The third-order valence-corrected chi connectivity index (χ3v) is 15.1. The van der Waals surface area contributed by atoms with Crippen molar-refractivity contribution in [2.24, 2.45) is 0 Å². The molecule has 368 valence electrons. The van der Waals surface area contributed by atoms with Gasteiger partial charge in [-0.2, -0.15) is 0 Å². The topological polar surface area (TPSA) is 155 Å². The molecular weight excluding hydrogens is 865 g/mol. The summed E-state index contributed by atoms with van der Waals surface area (Å²) in [6, 6.07) is 0. The van der Waals surface area contributed by atoms with E-state index >= 15 is 0 Å². The van der Waals surface area contributed by atoms with Gasteiger partial charge in [-0.1, -0.05) is 79.1 Å². The fraction of sp³-hybridized carbons (Fsp3) is 0.571.